The van der Waals surface area contributed by atoms with Gasteiger partial charge in [0.1, 0.15) is 6.26 Å². The smallest absolute Gasteiger partial charge is 0.275 e. The maximum Gasteiger partial charge on any atom is 0.275 e. The molecule has 1 aromatic rings. The van der Waals surface area contributed by atoms with Crippen molar-refractivity contribution in [1.29, 1.82) is 0 Å². The normalized spacial score (nSPS) is 24.1. The summed E-state index contributed by atoms with van der Waals surface area (Å²) >= 11 is 0. The van der Waals surface area contributed by atoms with Crippen molar-refractivity contribution in [2.75, 3.05) is 13.1 Å². The van der Waals surface area contributed by atoms with Gasteiger partial charge in [-0.3, -0.25) is 4.79 Å². The van der Waals surface area contributed by atoms with Crippen LogP contribution in [0.5, 0.6) is 0 Å². The van der Waals surface area contributed by atoms with Crippen molar-refractivity contribution in [3.8, 4) is 0 Å². The predicted octanol–water partition coefficient (Wildman–Crippen LogP) is 3.90. The first-order chi connectivity index (χ1) is 11.8. The third-order valence-corrected chi connectivity index (χ3v) is 5.86. The second kappa shape index (κ2) is 7.26. The van der Waals surface area contributed by atoms with E-state index in [4.69, 9.17) is 9.15 Å². The fourth-order valence-electron chi connectivity index (χ4n) is 4.40. The zero-order valence-corrected chi connectivity index (χ0v) is 14.4. The number of hydrogen-bond donors (Lipinski definition) is 0. The number of carbonyl (C=O) groups excluding carboxylic acids is 1. The standard InChI is InChI=1S/C19H28N2O3/c22-19(17-13-23-18(20-17)14-5-1-2-6-14)21-11-9-16(10-12-21)24-15-7-3-4-8-15/h13-16H,1-12H2. The summed E-state index contributed by atoms with van der Waals surface area (Å²) in [5, 5.41) is 0. The molecule has 5 nitrogen and oxygen atoms in total. The second-order valence-electron chi connectivity index (χ2n) is 7.59. The van der Waals surface area contributed by atoms with E-state index in [1.807, 2.05) is 4.90 Å². The lowest BCUT2D eigenvalue weighted by molar-refractivity contribution is -0.0358. The summed E-state index contributed by atoms with van der Waals surface area (Å²) in [6.07, 6.45) is 14.0. The Morgan fingerprint density at radius 3 is 2.33 bits per heavy atom. The van der Waals surface area contributed by atoms with Gasteiger partial charge >= 0.3 is 0 Å². The molecule has 0 atom stereocenters. The zero-order chi connectivity index (χ0) is 16.4. The molecule has 1 amide bonds. The minimum absolute atomic E-state index is 0.0160. The van der Waals surface area contributed by atoms with Crippen LogP contribution >= 0.6 is 0 Å². The lowest BCUT2D eigenvalue weighted by Gasteiger charge is -2.32. The van der Waals surface area contributed by atoms with Crippen LogP contribution in [0, 0.1) is 0 Å². The topological polar surface area (TPSA) is 55.6 Å². The second-order valence-corrected chi connectivity index (χ2v) is 7.59. The van der Waals surface area contributed by atoms with E-state index >= 15 is 0 Å². The molecule has 3 aliphatic rings. The molecule has 0 bridgehead atoms. The molecular formula is C19H28N2O3. The number of piperidine rings is 1. The van der Waals surface area contributed by atoms with E-state index in [9.17, 15) is 4.79 Å². The van der Waals surface area contributed by atoms with Gasteiger partial charge in [-0.25, -0.2) is 4.98 Å². The zero-order valence-electron chi connectivity index (χ0n) is 14.4. The third-order valence-electron chi connectivity index (χ3n) is 5.86. The highest BCUT2D eigenvalue weighted by molar-refractivity contribution is 5.92. The van der Waals surface area contributed by atoms with Crippen LogP contribution in [0.1, 0.15) is 86.5 Å². The lowest BCUT2D eigenvalue weighted by Crippen LogP contribution is -2.41. The summed E-state index contributed by atoms with van der Waals surface area (Å²) < 4.78 is 11.8. The fourth-order valence-corrected chi connectivity index (χ4v) is 4.40. The maximum atomic E-state index is 12.6. The minimum Gasteiger partial charge on any atom is -0.448 e. The largest absolute Gasteiger partial charge is 0.448 e. The fraction of sp³-hybridized carbons (Fsp3) is 0.789. The highest BCUT2D eigenvalue weighted by atomic mass is 16.5. The van der Waals surface area contributed by atoms with Gasteiger partial charge in [-0.05, 0) is 38.5 Å². The number of carbonyl (C=O) groups is 1. The van der Waals surface area contributed by atoms with E-state index in [-0.39, 0.29) is 5.91 Å². The molecule has 24 heavy (non-hydrogen) atoms. The molecule has 1 saturated heterocycles. The van der Waals surface area contributed by atoms with Gasteiger partial charge in [0.15, 0.2) is 11.6 Å². The monoisotopic (exact) mass is 332 g/mol. The maximum absolute atomic E-state index is 12.6. The van der Waals surface area contributed by atoms with E-state index in [2.05, 4.69) is 4.98 Å². The van der Waals surface area contributed by atoms with Crippen LogP contribution in [-0.4, -0.2) is 41.1 Å². The highest BCUT2D eigenvalue weighted by Gasteiger charge is 2.29. The van der Waals surface area contributed by atoms with Gasteiger partial charge in [-0.2, -0.15) is 0 Å². The van der Waals surface area contributed by atoms with Crippen molar-refractivity contribution in [3.05, 3.63) is 17.8 Å². The number of rotatable bonds is 4. The molecule has 2 saturated carbocycles. The summed E-state index contributed by atoms with van der Waals surface area (Å²) in [7, 11) is 0. The van der Waals surface area contributed by atoms with E-state index in [1.54, 1.807) is 6.26 Å². The van der Waals surface area contributed by atoms with Crippen LogP contribution in [-0.2, 0) is 4.74 Å². The molecule has 0 aromatic carbocycles. The highest BCUT2D eigenvalue weighted by Crippen LogP contribution is 2.33. The number of hydrogen-bond acceptors (Lipinski definition) is 4. The Bertz CT molecular complexity index is 551. The number of amides is 1. The Kier molecular flexibility index (Phi) is 4.88. The Labute approximate surface area is 143 Å². The van der Waals surface area contributed by atoms with Crippen LogP contribution < -0.4 is 0 Å². The van der Waals surface area contributed by atoms with Crippen molar-refractivity contribution >= 4 is 5.91 Å². The molecule has 3 fully saturated rings. The van der Waals surface area contributed by atoms with Crippen LogP contribution in [0.2, 0.25) is 0 Å². The van der Waals surface area contributed by atoms with Gasteiger partial charge in [-0.15, -0.1) is 0 Å². The molecule has 132 valence electrons. The quantitative estimate of drug-likeness (QED) is 0.839. The SMILES string of the molecule is O=C(c1coc(C2CCCC2)n1)N1CCC(OC2CCCC2)CC1. The average molecular weight is 332 g/mol. The lowest BCUT2D eigenvalue weighted by atomic mass is 10.1. The minimum atomic E-state index is 0.0160. The van der Waals surface area contributed by atoms with Crippen molar-refractivity contribution in [2.45, 2.75) is 82.3 Å². The van der Waals surface area contributed by atoms with E-state index in [0.717, 1.165) is 44.7 Å². The molecule has 4 rings (SSSR count). The number of likely N-dealkylation sites (tertiary alicyclic amines) is 1. The van der Waals surface area contributed by atoms with Crippen LogP contribution in [0.25, 0.3) is 0 Å². The van der Waals surface area contributed by atoms with Crippen molar-refractivity contribution in [2.24, 2.45) is 0 Å². The Balaban J connectivity index is 1.29. The van der Waals surface area contributed by atoms with Crippen molar-refractivity contribution in [1.82, 2.24) is 9.88 Å². The Morgan fingerprint density at radius 1 is 1.00 bits per heavy atom. The summed E-state index contributed by atoms with van der Waals surface area (Å²) in [6, 6.07) is 0. The molecule has 2 aliphatic carbocycles. The van der Waals surface area contributed by atoms with Crippen LogP contribution in [0.4, 0.5) is 0 Å². The number of ether oxygens (including phenoxy) is 1. The molecule has 0 radical (unpaired) electrons. The van der Waals surface area contributed by atoms with E-state index in [1.165, 1.54) is 38.5 Å². The van der Waals surface area contributed by atoms with Crippen LogP contribution in [0.15, 0.2) is 10.7 Å². The summed E-state index contributed by atoms with van der Waals surface area (Å²) in [4.78, 5) is 19.0. The predicted molar refractivity (Wildman–Crippen MR) is 90.0 cm³/mol. The number of nitrogens with zero attached hydrogens (tertiary/aromatic N) is 2. The summed E-state index contributed by atoms with van der Waals surface area (Å²) in [5.41, 5.74) is 0.479. The number of oxazole rings is 1. The molecule has 1 aliphatic heterocycles. The van der Waals surface area contributed by atoms with Crippen molar-refractivity contribution in [3.63, 3.8) is 0 Å². The Morgan fingerprint density at radius 2 is 1.62 bits per heavy atom. The van der Waals surface area contributed by atoms with Gasteiger partial charge in [0, 0.05) is 19.0 Å². The van der Waals surface area contributed by atoms with E-state index in [0.29, 0.717) is 23.8 Å². The Hall–Kier alpha value is -1.36. The molecule has 0 unspecified atom stereocenters. The molecule has 0 N–H and O–H groups in total. The van der Waals surface area contributed by atoms with Gasteiger partial charge in [-0.1, -0.05) is 25.7 Å². The first-order valence-corrected chi connectivity index (χ1v) is 9.70. The van der Waals surface area contributed by atoms with Gasteiger partial charge in [0.2, 0.25) is 0 Å². The summed E-state index contributed by atoms with van der Waals surface area (Å²) in [5.74, 6) is 1.19. The van der Waals surface area contributed by atoms with E-state index < -0.39 is 0 Å². The van der Waals surface area contributed by atoms with Gasteiger partial charge < -0.3 is 14.1 Å². The molecular weight excluding hydrogens is 304 g/mol. The third kappa shape index (κ3) is 3.51. The number of aromatic nitrogens is 1. The van der Waals surface area contributed by atoms with Gasteiger partial charge in [0.05, 0.1) is 12.2 Å². The van der Waals surface area contributed by atoms with Gasteiger partial charge in [0.25, 0.3) is 5.91 Å². The molecule has 2 heterocycles. The van der Waals surface area contributed by atoms with Crippen LogP contribution in [0.3, 0.4) is 0 Å². The molecule has 1 aromatic heterocycles. The van der Waals surface area contributed by atoms with Crippen molar-refractivity contribution < 1.29 is 13.9 Å². The first kappa shape index (κ1) is 16.1. The first-order valence-electron chi connectivity index (χ1n) is 9.70. The molecule has 5 heteroatoms. The summed E-state index contributed by atoms with van der Waals surface area (Å²) in [6.45, 7) is 1.53. The molecule has 0 spiro atoms. The average Bonchev–Trinajstić information content (AvgIpc) is 3.36.